The van der Waals surface area contributed by atoms with Crippen LogP contribution in [0.15, 0.2) is 72.3 Å². The Hall–Kier alpha value is -4.17. The van der Waals surface area contributed by atoms with Crippen LogP contribution in [-0.4, -0.2) is 36.0 Å². The van der Waals surface area contributed by atoms with Gasteiger partial charge < -0.3 is 14.6 Å². The molecule has 8 heteroatoms. The number of anilines is 1. The number of carbonyl (C=O) groups excluding carboxylic acids is 2. The molecule has 1 fully saturated rings. The molecule has 1 N–H and O–H groups in total. The van der Waals surface area contributed by atoms with Gasteiger partial charge in [0.1, 0.15) is 17.3 Å². The van der Waals surface area contributed by atoms with E-state index in [1.54, 1.807) is 62.8 Å². The van der Waals surface area contributed by atoms with Gasteiger partial charge in [0.2, 0.25) is 0 Å². The number of Topliss-reactive ketones (excluding diaryl/α,β-unsaturated/α-hetero) is 1. The summed E-state index contributed by atoms with van der Waals surface area (Å²) in [4.78, 5) is 32.7. The summed E-state index contributed by atoms with van der Waals surface area (Å²) in [6.07, 6.45) is 0. The summed E-state index contributed by atoms with van der Waals surface area (Å²) in [6.45, 7) is 1.98. The standard InChI is InChI=1S/C27H22N2O5S/c1-15-7-12-20-21(13-15)35-27(28-20)29-23(17-5-4-6-19(14-17)34-3)22(25(31)26(29)32)24(30)16-8-10-18(33-2)11-9-16/h4-14,23,30H,1-3H3/t23-/m0/s1. The Labute approximate surface area is 205 Å². The molecule has 0 bridgehead atoms. The molecule has 1 saturated heterocycles. The Bertz CT molecular complexity index is 1490. The summed E-state index contributed by atoms with van der Waals surface area (Å²) in [5.74, 6) is -0.614. The first-order valence-corrected chi connectivity index (χ1v) is 11.7. The van der Waals surface area contributed by atoms with Crippen molar-refractivity contribution in [3.63, 3.8) is 0 Å². The molecule has 0 aliphatic carbocycles. The lowest BCUT2D eigenvalue weighted by Gasteiger charge is -2.23. The highest BCUT2D eigenvalue weighted by atomic mass is 32.1. The van der Waals surface area contributed by atoms with E-state index in [4.69, 9.17) is 9.47 Å². The molecule has 1 atom stereocenters. The largest absolute Gasteiger partial charge is 0.507 e. The number of carbonyl (C=O) groups is 2. The third-order valence-electron chi connectivity index (χ3n) is 5.96. The highest BCUT2D eigenvalue weighted by Crippen LogP contribution is 2.45. The number of rotatable bonds is 5. The van der Waals surface area contributed by atoms with E-state index in [0.717, 1.165) is 15.8 Å². The molecule has 0 unspecified atom stereocenters. The van der Waals surface area contributed by atoms with E-state index in [1.165, 1.54) is 16.2 Å². The Morgan fingerprint density at radius 2 is 1.71 bits per heavy atom. The van der Waals surface area contributed by atoms with Crippen LogP contribution in [0.5, 0.6) is 11.5 Å². The van der Waals surface area contributed by atoms with Crippen LogP contribution >= 0.6 is 11.3 Å². The first-order valence-electron chi connectivity index (χ1n) is 10.9. The van der Waals surface area contributed by atoms with Gasteiger partial charge in [0.15, 0.2) is 5.13 Å². The van der Waals surface area contributed by atoms with Crippen molar-refractivity contribution in [2.75, 3.05) is 19.1 Å². The highest BCUT2D eigenvalue weighted by molar-refractivity contribution is 7.22. The SMILES string of the molecule is COc1ccc(C(O)=C2C(=O)C(=O)N(c3nc4ccc(C)cc4s3)[C@H]2c2cccc(OC)c2)cc1. The van der Waals surface area contributed by atoms with Crippen LogP contribution in [0.2, 0.25) is 0 Å². The maximum Gasteiger partial charge on any atom is 0.301 e. The van der Waals surface area contributed by atoms with Crippen LogP contribution in [0, 0.1) is 6.92 Å². The maximum atomic E-state index is 13.4. The smallest absolute Gasteiger partial charge is 0.301 e. The van der Waals surface area contributed by atoms with Crippen LogP contribution < -0.4 is 14.4 Å². The average molecular weight is 487 g/mol. The number of thiazole rings is 1. The molecular formula is C27H22N2O5S. The fourth-order valence-corrected chi connectivity index (χ4v) is 5.27. The Morgan fingerprint density at radius 1 is 0.971 bits per heavy atom. The summed E-state index contributed by atoms with van der Waals surface area (Å²) in [5.41, 5.74) is 2.81. The summed E-state index contributed by atoms with van der Waals surface area (Å²) < 4.78 is 11.5. The molecule has 1 aromatic heterocycles. The lowest BCUT2D eigenvalue weighted by Crippen LogP contribution is -2.29. The predicted molar refractivity (Wildman–Crippen MR) is 135 cm³/mol. The van der Waals surface area contributed by atoms with E-state index in [-0.39, 0.29) is 11.3 Å². The van der Waals surface area contributed by atoms with Crippen molar-refractivity contribution in [3.8, 4) is 11.5 Å². The number of ether oxygens (including phenoxy) is 2. The topological polar surface area (TPSA) is 89.0 Å². The zero-order valence-corrected chi connectivity index (χ0v) is 20.1. The summed E-state index contributed by atoms with van der Waals surface area (Å²) in [7, 11) is 3.09. The van der Waals surface area contributed by atoms with Crippen LogP contribution in [0.1, 0.15) is 22.7 Å². The van der Waals surface area contributed by atoms with Gasteiger partial charge in [-0.1, -0.05) is 29.5 Å². The van der Waals surface area contributed by atoms with E-state index in [1.807, 2.05) is 25.1 Å². The molecule has 0 radical (unpaired) electrons. The molecule has 3 aromatic carbocycles. The Morgan fingerprint density at radius 3 is 2.43 bits per heavy atom. The first-order chi connectivity index (χ1) is 16.9. The second-order valence-electron chi connectivity index (χ2n) is 8.14. The van der Waals surface area contributed by atoms with Gasteiger partial charge in [0, 0.05) is 5.56 Å². The number of aliphatic hydroxyl groups is 1. The van der Waals surface area contributed by atoms with Gasteiger partial charge >= 0.3 is 5.91 Å². The molecule has 1 amide bonds. The van der Waals surface area contributed by atoms with Crippen LogP contribution in [0.25, 0.3) is 16.0 Å². The number of fused-ring (bicyclic) bond motifs is 1. The number of hydrogen-bond acceptors (Lipinski definition) is 7. The van der Waals surface area contributed by atoms with Gasteiger partial charge in [-0.25, -0.2) is 4.98 Å². The number of amides is 1. The summed E-state index contributed by atoms with van der Waals surface area (Å²) in [5, 5.41) is 11.6. The van der Waals surface area contributed by atoms with E-state index in [2.05, 4.69) is 4.98 Å². The van der Waals surface area contributed by atoms with Crippen molar-refractivity contribution in [2.45, 2.75) is 13.0 Å². The quantitative estimate of drug-likeness (QED) is 0.236. The molecule has 1 aliphatic rings. The molecule has 7 nitrogen and oxygen atoms in total. The second kappa shape index (κ2) is 8.88. The first kappa shape index (κ1) is 22.6. The van der Waals surface area contributed by atoms with E-state index >= 15 is 0 Å². The number of benzene rings is 3. The van der Waals surface area contributed by atoms with Crippen LogP contribution in [0.3, 0.4) is 0 Å². The minimum absolute atomic E-state index is 0.0103. The lowest BCUT2D eigenvalue weighted by molar-refractivity contribution is -0.132. The van der Waals surface area contributed by atoms with Gasteiger partial charge in [0.05, 0.1) is 36.1 Å². The third kappa shape index (κ3) is 3.91. The van der Waals surface area contributed by atoms with E-state index in [0.29, 0.717) is 27.8 Å². The number of nitrogens with zero attached hydrogens (tertiary/aromatic N) is 2. The van der Waals surface area contributed by atoms with Crippen molar-refractivity contribution in [2.24, 2.45) is 0 Å². The van der Waals surface area contributed by atoms with Crippen LogP contribution in [0.4, 0.5) is 5.13 Å². The van der Waals surface area contributed by atoms with Crippen molar-refractivity contribution < 1.29 is 24.2 Å². The Kier molecular flexibility index (Phi) is 5.74. The second-order valence-corrected chi connectivity index (χ2v) is 9.15. The summed E-state index contributed by atoms with van der Waals surface area (Å²) >= 11 is 1.33. The molecular weight excluding hydrogens is 464 g/mol. The average Bonchev–Trinajstić information content (AvgIpc) is 3.41. The molecule has 2 heterocycles. The predicted octanol–water partition coefficient (Wildman–Crippen LogP) is 5.25. The van der Waals surface area contributed by atoms with Gasteiger partial charge in [-0.3, -0.25) is 14.5 Å². The van der Waals surface area contributed by atoms with Crippen molar-refractivity contribution in [1.29, 1.82) is 0 Å². The lowest BCUT2D eigenvalue weighted by atomic mass is 9.95. The van der Waals surface area contributed by atoms with Crippen LogP contribution in [-0.2, 0) is 9.59 Å². The van der Waals surface area contributed by atoms with Crippen molar-refractivity contribution in [3.05, 3.63) is 89.0 Å². The summed E-state index contributed by atoms with van der Waals surface area (Å²) in [6, 6.07) is 18.7. The zero-order chi connectivity index (χ0) is 24.7. The van der Waals surface area contributed by atoms with E-state index in [9.17, 15) is 14.7 Å². The zero-order valence-electron chi connectivity index (χ0n) is 19.3. The Balaban J connectivity index is 1.72. The fourth-order valence-electron chi connectivity index (χ4n) is 4.18. The molecule has 1 aliphatic heterocycles. The number of methoxy groups -OCH3 is 2. The minimum Gasteiger partial charge on any atom is -0.507 e. The van der Waals surface area contributed by atoms with Gasteiger partial charge in [-0.15, -0.1) is 0 Å². The number of aromatic nitrogens is 1. The highest BCUT2D eigenvalue weighted by Gasteiger charge is 2.48. The molecule has 4 aromatic rings. The number of aliphatic hydroxyl groups excluding tert-OH is 1. The van der Waals surface area contributed by atoms with Crippen molar-refractivity contribution >= 4 is 44.1 Å². The number of hydrogen-bond donors (Lipinski definition) is 1. The van der Waals surface area contributed by atoms with Gasteiger partial charge in [-0.05, 0) is 66.6 Å². The molecule has 0 spiro atoms. The molecule has 35 heavy (non-hydrogen) atoms. The molecule has 0 saturated carbocycles. The van der Waals surface area contributed by atoms with Gasteiger partial charge in [0.25, 0.3) is 5.78 Å². The third-order valence-corrected chi connectivity index (χ3v) is 6.97. The van der Waals surface area contributed by atoms with Gasteiger partial charge in [-0.2, -0.15) is 0 Å². The fraction of sp³-hybridized carbons (Fsp3) is 0.148. The number of ketones is 1. The van der Waals surface area contributed by atoms with E-state index < -0.39 is 17.7 Å². The maximum absolute atomic E-state index is 13.4. The van der Waals surface area contributed by atoms with Crippen molar-refractivity contribution in [1.82, 2.24) is 4.98 Å². The monoisotopic (exact) mass is 486 g/mol. The normalized spacial score (nSPS) is 17.2. The number of aryl methyl sites for hydroxylation is 1. The minimum atomic E-state index is -0.881. The molecule has 176 valence electrons. The molecule has 5 rings (SSSR count).